The number of hydrogen-bond donors (Lipinski definition) is 0. The minimum absolute atomic E-state index is 0.00158. The van der Waals surface area contributed by atoms with Crippen molar-refractivity contribution in [3.8, 4) is 16.9 Å². The lowest BCUT2D eigenvalue weighted by molar-refractivity contribution is -0.191. The van der Waals surface area contributed by atoms with Gasteiger partial charge in [0.05, 0.1) is 12.6 Å². The van der Waals surface area contributed by atoms with Crippen molar-refractivity contribution in [2.24, 2.45) is 0 Å². The maximum Gasteiger partial charge on any atom is 0.415 e. The Hall–Kier alpha value is -4.14. The molecule has 2 fully saturated rings. The van der Waals surface area contributed by atoms with Gasteiger partial charge in [0.25, 0.3) is 0 Å². The lowest BCUT2D eigenvalue weighted by Gasteiger charge is -2.37. The summed E-state index contributed by atoms with van der Waals surface area (Å²) < 4.78 is 54.0. The SMILES string of the molecule is CC(C)Oc1ccc(-c2cc(F)c(F)cc2F)c(CN2CCC3(CC2)CN(c2ccccc2)C(=O)O3)c1.O=C=O. The van der Waals surface area contributed by atoms with E-state index >= 15 is 0 Å². The lowest BCUT2D eigenvalue weighted by atomic mass is 9.90. The number of benzene rings is 3. The predicted molar refractivity (Wildman–Crippen MR) is 140 cm³/mol. The van der Waals surface area contributed by atoms with Crippen molar-refractivity contribution in [3.63, 3.8) is 0 Å². The van der Waals surface area contributed by atoms with E-state index in [2.05, 4.69) is 4.90 Å². The number of anilines is 1. The molecule has 0 radical (unpaired) electrons. The third kappa shape index (κ3) is 6.52. The fraction of sp³-hybridized carbons (Fsp3) is 0.333. The van der Waals surface area contributed by atoms with Gasteiger partial charge in [-0.15, -0.1) is 0 Å². The molecule has 2 saturated heterocycles. The Morgan fingerprint density at radius 1 is 0.925 bits per heavy atom. The van der Waals surface area contributed by atoms with Crippen molar-refractivity contribution in [1.29, 1.82) is 0 Å². The van der Waals surface area contributed by atoms with E-state index in [4.69, 9.17) is 19.1 Å². The minimum Gasteiger partial charge on any atom is -0.491 e. The first-order chi connectivity index (χ1) is 19.1. The largest absolute Gasteiger partial charge is 0.491 e. The van der Waals surface area contributed by atoms with Crippen molar-refractivity contribution >= 4 is 17.9 Å². The first-order valence-corrected chi connectivity index (χ1v) is 12.9. The number of piperidine rings is 1. The van der Waals surface area contributed by atoms with Gasteiger partial charge in [-0.1, -0.05) is 24.3 Å². The van der Waals surface area contributed by atoms with Gasteiger partial charge in [0.1, 0.15) is 17.2 Å². The van der Waals surface area contributed by atoms with Gasteiger partial charge >= 0.3 is 12.2 Å². The van der Waals surface area contributed by atoms with Crippen molar-refractivity contribution in [3.05, 3.63) is 83.7 Å². The number of amides is 1. The summed E-state index contributed by atoms with van der Waals surface area (Å²) in [5.74, 6) is -2.53. The van der Waals surface area contributed by atoms with Crippen LogP contribution in [0.2, 0.25) is 0 Å². The van der Waals surface area contributed by atoms with Crippen LogP contribution >= 0.6 is 0 Å². The molecule has 3 aromatic carbocycles. The number of nitrogens with zero attached hydrogens (tertiary/aromatic N) is 2. The van der Waals surface area contributed by atoms with Gasteiger partial charge < -0.3 is 9.47 Å². The molecule has 7 nitrogen and oxygen atoms in total. The average Bonchev–Trinajstić information content (AvgIpc) is 3.24. The Morgan fingerprint density at radius 2 is 1.57 bits per heavy atom. The standard InChI is InChI=1S/C29H29F3N2O3.CO2/c1-19(2)36-22-8-9-23(24-15-26(31)27(32)16-25(24)30)20(14-22)17-33-12-10-29(11-13-33)18-34(28(35)37-29)21-6-4-3-5-7-21;2-1-3/h3-9,14-16,19H,10-13,17-18H2,1-2H3;. The minimum atomic E-state index is -1.22. The molecule has 210 valence electrons. The van der Waals surface area contributed by atoms with E-state index in [0.29, 0.717) is 56.4 Å². The molecule has 10 heteroatoms. The molecule has 1 amide bonds. The molecule has 0 aliphatic carbocycles. The lowest BCUT2D eigenvalue weighted by Crippen LogP contribution is -2.46. The number of hydrogen-bond acceptors (Lipinski definition) is 6. The Kier molecular flexibility index (Phi) is 8.92. The molecular weight excluding hydrogens is 525 g/mol. The molecule has 0 saturated carbocycles. The highest BCUT2D eigenvalue weighted by atomic mass is 19.2. The number of rotatable bonds is 6. The first kappa shape index (κ1) is 28.9. The summed E-state index contributed by atoms with van der Waals surface area (Å²) in [7, 11) is 0. The van der Waals surface area contributed by atoms with E-state index in [1.807, 2.05) is 50.2 Å². The van der Waals surface area contributed by atoms with E-state index < -0.39 is 23.1 Å². The monoisotopic (exact) mass is 554 g/mol. The highest BCUT2D eigenvalue weighted by Crippen LogP contribution is 2.37. The van der Waals surface area contributed by atoms with Gasteiger partial charge in [-0.3, -0.25) is 9.80 Å². The van der Waals surface area contributed by atoms with Crippen LogP contribution in [0.5, 0.6) is 5.75 Å². The molecule has 0 atom stereocenters. The number of para-hydroxylation sites is 1. The van der Waals surface area contributed by atoms with Gasteiger partial charge in [-0.25, -0.2) is 18.0 Å². The van der Waals surface area contributed by atoms with E-state index in [-0.39, 0.29) is 23.9 Å². The molecule has 0 bridgehead atoms. The smallest absolute Gasteiger partial charge is 0.415 e. The van der Waals surface area contributed by atoms with E-state index in [0.717, 1.165) is 17.3 Å². The Bertz CT molecular complexity index is 1390. The fourth-order valence-electron chi connectivity index (χ4n) is 5.09. The maximum absolute atomic E-state index is 14.7. The molecule has 2 aliphatic heterocycles. The molecule has 5 rings (SSSR count). The molecule has 40 heavy (non-hydrogen) atoms. The van der Waals surface area contributed by atoms with Crippen molar-refractivity contribution < 1.29 is 37.0 Å². The van der Waals surface area contributed by atoms with E-state index in [9.17, 15) is 18.0 Å². The second-order valence-electron chi connectivity index (χ2n) is 10.1. The molecule has 0 N–H and O–H groups in total. The second kappa shape index (κ2) is 12.4. The molecule has 2 heterocycles. The Balaban J connectivity index is 0.00000118. The maximum atomic E-state index is 14.7. The van der Waals surface area contributed by atoms with Crippen LogP contribution in [0.15, 0.2) is 60.7 Å². The van der Waals surface area contributed by atoms with Crippen LogP contribution in [0.1, 0.15) is 32.3 Å². The molecule has 0 aromatic heterocycles. The number of likely N-dealkylation sites (tertiary alicyclic amines) is 1. The number of ether oxygens (including phenoxy) is 2. The summed E-state index contributed by atoms with van der Waals surface area (Å²) in [5, 5.41) is 0. The third-order valence-electron chi connectivity index (χ3n) is 6.95. The van der Waals surface area contributed by atoms with Crippen LogP contribution in [-0.2, 0) is 20.9 Å². The molecule has 1 spiro atoms. The van der Waals surface area contributed by atoms with Crippen LogP contribution in [-0.4, -0.2) is 48.5 Å². The normalized spacial score (nSPS) is 16.4. The van der Waals surface area contributed by atoms with Gasteiger partial charge in [-0.05, 0) is 55.3 Å². The zero-order valence-corrected chi connectivity index (χ0v) is 22.2. The van der Waals surface area contributed by atoms with Gasteiger partial charge in [0.15, 0.2) is 11.6 Å². The highest BCUT2D eigenvalue weighted by molar-refractivity contribution is 5.90. The molecular formula is C30H29F3N2O5. The van der Waals surface area contributed by atoms with Gasteiger partial charge in [0.2, 0.25) is 0 Å². The third-order valence-corrected chi connectivity index (χ3v) is 6.95. The summed E-state index contributed by atoms with van der Waals surface area (Å²) in [4.78, 5) is 32.7. The summed E-state index contributed by atoms with van der Waals surface area (Å²) in [6.07, 6.45) is 1.16. The summed E-state index contributed by atoms with van der Waals surface area (Å²) >= 11 is 0. The van der Waals surface area contributed by atoms with Gasteiger partial charge in [0, 0.05) is 49.8 Å². The van der Waals surface area contributed by atoms with Crippen molar-refractivity contribution in [2.75, 3.05) is 24.5 Å². The van der Waals surface area contributed by atoms with Crippen LogP contribution in [0, 0.1) is 17.5 Å². The van der Waals surface area contributed by atoms with Crippen LogP contribution < -0.4 is 9.64 Å². The second-order valence-corrected chi connectivity index (χ2v) is 10.1. The number of halogens is 3. The number of carbonyl (C=O) groups is 1. The Labute approximate surface area is 230 Å². The van der Waals surface area contributed by atoms with Crippen LogP contribution in [0.25, 0.3) is 11.1 Å². The van der Waals surface area contributed by atoms with Crippen molar-refractivity contribution in [2.45, 2.75) is 44.9 Å². The zero-order valence-electron chi connectivity index (χ0n) is 22.2. The summed E-state index contributed by atoms with van der Waals surface area (Å²) in [6.45, 7) is 6.08. The van der Waals surface area contributed by atoms with Crippen LogP contribution in [0.4, 0.5) is 23.7 Å². The highest BCUT2D eigenvalue weighted by Gasteiger charge is 2.47. The Morgan fingerprint density at radius 3 is 2.23 bits per heavy atom. The zero-order chi connectivity index (χ0) is 28.9. The van der Waals surface area contributed by atoms with E-state index in [1.165, 1.54) is 0 Å². The molecule has 3 aromatic rings. The topological polar surface area (TPSA) is 76.2 Å². The van der Waals surface area contributed by atoms with Crippen LogP contribution in [0.3, 0.4) is 0 Å². The van der Waals surface area contributed by atoms with Crippen molar-refractivity contribution in [1.82, 2.24) is 4.90 Å². The molecule has 0 unspecified atom stereocenters. The summed E-state index contributed by atoms with van der Waals surface area (Å²) in [5.41, 5.74) is 1.48. The van der Waals surface area contributed by atoms with E-state index in [1.54, 1.807) is 17.0 Å². The van der Waals surface area contributed by atoms with Gasteiger partial charge in [-0.2, -0.15) is 9.59 Å². The average molecular weight is 555 g/mol. The first-order valence-electron chi connectivity index (χ1n) is 12.9. The predicted octanol–water partition coefficient (Wildman–Crippen LogP) is 5.97. The fourth-order valence-corrected chi connectivity index (χ4v) is 5.09. The quantitative estimate of drug-likeness (QED) is 0.350. The summed E-state index contributed by atoms with van der Waals surface area (Å²) in [6, 6.07) is 16.2. The number of carbonyl (C=O) groups excluding carboxylic acids is 3. The molecule has 2 aliphatic rings.